The highest BCUT2D eigenvalue weighted by molar-refractivity contribution is 5.57. The third-order valence-electron chi connectivity index (χ3n) is 5.18. The first kappa shape index (κ1) is 19.6. The van der Waals surface area contributed by atoms with E-state index in [1.54, 1.807) is 14.0 Å². The van der Waals surface area contributed by atoms with Crippen molar-refractivity contribution >= 4 is 6.29 Å². The molecule has 2 fully saturated rings. The Kier molecular flexibility index (Phi) is 5.86. The van der Waals surface area contributed by atoms with Gasteiger partial charge in [-0.2, -0.15) is 0 Å². The van der Waals surface area contributed by atoms with E-state index >= 15 is 0 Å². The van der Waals surface area contributed by atoms with Crippen molar-refractivity contribution in [2.24, 2.45) is 11.3 Å². The number of hydrogen-bond acceptors (Lipinski definition) is 4. The number of hydrogen-bond donors (Lipinski definition) is 2. The number of fused-ring (bicyclic) bond motifs is 2. The molecule has 22 heavy (non-hydrogen) atoms. The zero-order chi connectivity index (χ0) is 17.2. The van der Waals surface area contributed by atoms with E-state index in [1.807, 2.05) is 20.8 Å². The van der Waals surface area contributed by atoms with E-state index in [0.29, 0.717) is 25.2 Å². The summed E-state index contributed by atoms with van der Waals surface area (Å²) in [5, 5.41) is 20.7. The fourth-order valence-electron chi connectivity index (χ4n) is 4.15. The second kappa shape index (κ2) is 6.58. The van der Waals surface area contributed by atoms with Crippen LogP contribution in [0.1, 0.15) is 73.1 Å². The van der Waals surface area contributed by atoms with Crippen molar-refractivity contribution in [3.05, 3.63) is 0 Å². The van der Waals surface area contributed by atoms with Gasteiger partial charge in [0, 0.05) is 31.8 Å². The second-order valence-electron chi connectivity index (χ2n) is 8.61. The number of ether oxygens (including phenoxy) is 1. The zero-order valence-corrected chi connectivity index (χ0v) is 15.1. The Morgan fingerprint density at radius 1 is 1.23 bits per heavy atom. The van der Waals surface area contributed by atoms with Crippen LogP contribution in [-0.4, -0.2) is 40.4 Å². The molecule has 4 atom stereocenters. The summed E-state index contributed by atoms with van der Waals surface area (Å²) in [5.41, 5.74) is -1.92. The first-order valence-corrected chi connectivity index (χ1v) is 8.37. The van der Waals surface area contributed by atoms with Gasteiger partial charge in [0.05, 0.1) is 16.8 Å². The normalized spacial score (nSPS) is 41.4. The first-order valence-electron chi connectivity index (χ1n) is 8.37. The summed E-state index contributed by atoms with van der Waals surface area (Å²) in [6, 6.07) is 0. The number of carbonyl (C=O) groups excluding carboxylic acids is 1. The summed E-state index contributed by atoms with van der Waals surface area (Å²) in [4.78, 5) is 10.1. The van der Waals surface area contributed by atoms with Gasteiger partial charge in [-0.1, -0.05) is 27.7 Å². The predicted molar refractivity (Wildman–Crippen MR) is 87.7 cm³/mol. The molecule has 4 nitrogen and oxygen atoms in total. The molecule has 2 bridgehead atoms. The molecule has 2 N–H and O–H groups in total. The maximum absolute atomic E-state index is 10.5. The Balaban J connectivity index is 0.000000295. The van der Waals surface area contributed by atoms with Crippen LogP contribution in [0.15, 0.2) is 0 Å². The van der Waals surface area contributed by atoms with E-state index in [2.05, 4.69) is 6.92 Å². The number of rotatable bonds is 3. The quantitative estimate of drug-likeness (QED) is 0.786. The van der Waals surface area contributed by atoms with Crippen molar-refractivity contribution in [1.29, 1.82) is 0 Å². The van der Waals surface area contributed by atoms with Crippen molar-refractivity contribution in [2.45, 2.75) is 89.9 Å². The second-order valence-corrected chi connectivity index (χ2v) is 8.61. The third-order valence-corrected chi connectivity index (χ3v) is 5.18. The molecule has 0 amide bonds. The molecule has 2 aliphatic carbocycles. The predicted octanol–water partition coefficient (Wildman–Crippen LogP) is 3.09. The minimum Gasteiger partial charge on any atom is -0.390 e. The Hall–Kier alpha value is -0.450. The van der Waals surface area contributed by atoms with Crippen LogP contribution in [0.4, 0.5) is 0 Å². The molecule has 4 unspecified atom stereocenters. The van der Waals surface area contributed by atoms with Gasteiger partial charge in [-0.05, 0) is 32.1 Å². The lowest BCUT2D eigenvalue weighted by Crippen LogP contribution is -2.60. The number of methoxy groups -OCH3 is 1. The lowest BCUT2D eigenvalue weighted by Gasteiger charge is -2.55. The maximum Gasteiger partial charge on any atom is 0.125 e. The summed E-state index contributed by atoms with van der Waals surface area (Å²) in [7, 11) is 1.69. The van der Waals surface area contributed by atoms with Crippen LogP contribution >= 0.6 is 0 Å². The average Bonchev–Trinajstić information content (AvgIpc) is 2.35. The van der Waals surface area contributed by atoms with Crippen LogP contribution in [0.3, 0.4) is 0 Å². The molecule has 0 aromatic heterocycles. The van der Waals surface area contributed by atoms with Gasteiger partial charge in [0.25, 0.3) is 0 Å². The molecule has 0 aromatic carbocycles. The van der Waals surface area contributed by atoms with E-state index in [9.17, 15) is 15.0 Å². The minimum atomic E-state index is -0.789. The largest absolute Gasteiger partial charge is 0.390 e. The molecular weight excluding hydrogens is 280 g/mol. The Labute approximate surface area is 135 Å². The molecule has 4 heteroatoms. The topological polar surface area (TPSA) is 66.8 Å². The summed E-state index contributed by atoms with van der Waals surface area (Å²) in [6.07, 6.45) is 5.45. The fourth-order valence-corrected chi connectivity index (χ4v) is 4.15. The molecule has 130 valence electrons. The molecule has 0 aromatic rings. The first-order chi connectivity index (χ1) is 9.90. The molecule has 2 aliphatic rings. The van der Waals surface area contributed by atoms with Gasteiger partial charge in [0.2, 0.25) is 0 Å². The van der Waals surface area contributed by atoms with Crippen molar-refractivity contribution in [3.63, 3.8) is 0 Å². The van der Waals surface area contributed by atoms with E-state index in [-0.39, 0.29) is 11.0 Å². The highest BCUT2D eigenvalue weighted by Crippen LogP contribution is 2.52. The van der Waals surface area contributed by atoms with Crippen LogP contribution in [0, 0.1) is 11.3 Å². The van der Waals surface area contributed by atoms with E-state index in [4.69, 9.17) is 4.74 Å². The van der Waals surface area contributed by atoms with Crippen LogP contribution in [0.25, 0.3) is 0 Å². The highest BCUT2D eigenvalue weighted by atomic mass is 16.5. The Morgan fingerprint density at radius 3 is 2.23 bits per heavy atom. The zero-order valence-electron chi connectivity index (χ0n) is 15.1. The lowest BCUT2D eigenvalue weighted by atomic mass is 9.59. The van der Waals surface area contributed by atoms with E-state index in [1.165, 1.54) is 0 Å². The smallest absolute Gasteiger partial charge is 0.125 e. The van der Waals surface area contributed by atoms with Gasteiger partial charge in [0.1, 0.15) is 6.29 Å². The van der Waals surface area contributed by atoms with E-state index < -0.39 is 11.2 Å². The summed E-state index contributed by atoms with van der Waals surface area (Å²) in [5.74, 6) is 0.472. The molecule has 0 heterocycles. The minimum absolute atomic E-state index is 0.0972. The molecular formula is C18H34O4. The van der Waals surface area contributed by atoms with Crippen LogP contribution in [-0.2, 0) is 9.53 Å². The van der Waals surface area contributed by atoms with Crippen molar-refractivity contribution in [1.82, 2.24) is 0 Å². The van der Waals surface area contributed by atoms with Crippen molar-refractivity contribution in [2.75, 3.05) is 7.11 Å². The fraction of sp³-hybridized carbons (Fsp3) is 0.944. The number of aliphatic hydroxyl groups is 2. The monoisotopic (exact) mass is 314 g/mol. The molecule has 2 rings (SSSR count). The van der Waals surface area contributed by atoms with Crippen LogP contribution in [0.2, 0.25) is 0 Å². The molecule has 0 saturated heterocycles. The van der Waals surface area contributed by atoms with E-state index in [0.717, 1.165) is 25.5 Å². The third kappa shape index (κ3) is 5.04. The van der Waals surface area contributed by atoms with Crippen molar-refractivity contribution in [3.8, 4) is 0 Å². The van der Waals surface area contributed by atoms with Crippen LogP contribution < -0.4 is 0 Å². The van der Waals surface area contributed by atoms with Gasteiger partial charge in [-0.15, -0.1) is 0 Å². The van der Waals surface area contributed by atoms with Gasteiger partial charge < -0.3 is 19.7 Å². The Morgan fingerprint density at radius 2 is 1.82 bits per heavy atom. The summed E-state index contributed by atoms with van der Waals surface area (Å²) in [6.45, 7) is 9.83. The SMILES string of the molecule is CCC(C)(C)C=O.COC12CC(C)CC(O)(CC(C)(O)C1)C2. The van der Waals surface area contributed by atoms with Gasteiger partial charge >= 0.3 is 0 Å². The summed E-state index contributed by atoms with van der Waals surface area (Å²) >= 11 is 0. The lowest BCUT2D eigenvalue weighted by molar-refractivity contribution is -0.215. The number of aldehydes is 1. The van der Waals surface area contributed by atoms with Gasteiger partial charge in [0.15, 0.2) is 0 Å². The standard InChI is InChI=1S/C12H22O3.C6H12O/c1-9-4-11(14)6-10(2,13)7-12(5-9,8-11)15-3;1-4-6(2,3)5-7/h9,13-14H,4-8H2,1-3H3;5H,4H2,1-3H3. The maximum atomic E-state index is 10.5. The highest BCUT2D eigenvalue weighted by Gasteiger charge is 2.55. The van der Waals surface area contributed by atoms with Gasteiger partial charge in [-0.3, -0.25) is 0 Å². The molecule has 0 spiro atoms. The van der Waals surface area contributed by atoms with Crippen LogP contribution in [0.5, 0.6) is 0 Å². The molecule has 0 aliphatic heterocycles. The molecule has 2 saturated carbocycles. The summed E-state index contributed by atoms with van der Waals surface area (Å²) < 4.78 is 5.60. The van der Waals surface area contributed by atoms with Crippen molar-refractivity contribution < 1.29 is 19.7 Å². The molecule has 0 radical (unpaired) electrons. The number of carbonyl (C=O) groups is 1. The van der Waals surface area contributed by atoms with Gasteiger partial charge in [-0.25, -0.2) is 0 Å². The Bertz CT molecular complexity index is 387. The average molecular weight is 314 g/mol.